The maximum Gasteiger partial charge on any atom is 0.353 e. The molecule has 1 amide bonds. The Bertz CT molecular complexity index is 1160. The number of benzene rings is 1. The van der Waals surface area contributed by atoms with Gasteiger partial charge in [-0.3, -0.25) is 15.0 Å². The molecule has 0 bridgehead atoms. The quantitative estimate of drug-likeness (QED) is 0.136. The fourth-order valence-electron chi connectivity index (χ4n) is 3.61. The SMILES string of the molecule is CC(C)(Cc1ccc(C(=O)Oc2ccc(C(=N)N)cc2F)s1)C(=O)N[C@H]1CC=CC[C@H]1C(=O)O.Cl. The fourth-order valence-corrected chi connectivity index (χ4v) is 4.72. The van der Waals surface area contributed by atoms with Crippen molar-refractivity contribution in [1.82, 2.24) is 5.32 Å². The molecule has 0 saturated carbocycles. The molecule has 3 rings (SSSR count). The minimum atomic E-state index is -0.943. The summed E-state index contributed by atoms with van der Waals surface area (Å²) in [4.78, 5) is 37.9. The molecule has 1 aliphatic rings. The van der Waals surface area contributed by atoms with Gasteiger partial charge >= 0.3 is 11.9 Å². The Morgan fingerprint density at radius 3 is 2.54 bits per heavy atom. The van der Waals surface area contributed by atoms with Gasteiger partial charge in [-0.25, -0.2) is 9.18 Å². The largest absolute Gasteiger partial charge is 0.481 e. The van der Waals surface area contributed by atoms with Crippen molar-refractivity contribution in [2.75, 3.05) is 0 Å². The van der Waals surface area contributed by atoms with Crippen LogP contribution in [0.2, 0.25) is 0 Å². The van der Waals surface area contributed by atoms with Gasteiger partial charge in [0.25, 0.3) is 0 Å². The number of hydrogen-bond acceptors (Lipinski definition) is 6. The Morgan fingerprint density at radius 2 is 1.91 bits per heavy atom. The maximum atomic E-state index is 14.2. The number of nitrogens with two attached hydrogens (primary N) is 1. The van der Waals surface area contributed by atoms with E-state index in [1.54, 1.807) is 26.0 Å². The first-order valence-corrected chi connectivity index (χ1v) is 11.4. The third-order valence-electron chi connectivity index (χ3n) is 5.61. The minimum absolute atomic E-state index is 0. The molecule has 5 N–H and O–H groups in total. The van der Waals surface area contributed by atoms with Gasteiger partial charge < -0.3 is 20.9 Å². The highest BCUT2D eigenvalue weighted by atomic mass is 35.5. The molecule has 0 aliphatic heterocycles. The maximum absolute atomic E-state index is 14.2. The van der Waals surface area contributed by atoms with E-state index < -0.39 is 35.1 Å². The van der Waals surface area contributed by atoms with Crippen LogP contribution in [-0.4, -0.2) is 34.8 Å². The van der Waals surface area contributed by atoms with Crippen LogP contribution in [0.25, 0.3) is 0 Å². The number of allylic oxidation sites excluding steroid dienone is 1. The lowest BCUT2D eigenvalue weighted by molar-refractivity contribution is -0.143. The second kappa shape index (κ2) is 11.5. The summed E-state index contributed by atoms with van der Waals surface area (Å²) in [7, 11) is 0. The minimum Gasteiger partial charge on any atom is -0.481 e. The third kappa shape index (κ3) is 6.89. The first-order valence-electron chi connectivity index (χ1n) is 10.6. The van der Waals surface area contributed by atoms with Gasteiger partial charge in [0.1, 0.15) is 10.7 Å². The molecule has 0 fully saturated rings. The molecule has 2 aromatic rings. The Labute approximate surface area is 212 Å². The zero-order valence-electron chi connectivity index (χ0n) is 19.2. The van der Waals surface area contributed by atoms with E-state index in [1.807, 2.05) is 12.2 Å². The van der Waals surface area contributed by atoms with Crippen LogP contribution in [0, 0.1) is 22.6 Å². The second-order valence-electron chi connectivity index (χ2n) is 8.74. The lowest BCUT2D eigenvalue weighted by Gasteiger charge is -2.31. The topological polar surface area (TPSA) is 143 Å². The number of hydrogen-bond donors (Lipinski definition) is 4. The number of aliphatic carboxylic acids is 1. The molecule has 35 heavy (non-hydrogen) atoms. The summed E-state index contributed by atoms with van der Waals surface area (Å²) < 4.78 is 19.3. The van der Waals surface area contributed by atoms with Crippen molar-refractivity contribution in [2.45, 2.75) is 39.2 Å². The summed E-state index contributed by atoms with van der Waals surface area (Å²) in [5, 5.41) is 19.6. The van der Waals surface area contributed by atoms with Gasteiger partial charge in [-0.15, -0.1) is 23.7 Å². The smallest absolute Gasteiger partial charge is 0.353 e. The Kier molecular flexibility index (Phi) is 9.17. The fraction of sp³-hybridized carbons (Fsp3) is 0.333. The molecular formula is C24H27ClFN3O5S. The molecule has 0 spiro atoms. The number of carboxylic acid groups (broad SMARTS) is 1. The number of thiophene rings is 1. The molecule has 0 saturated heterocycles. The van der Waals surface area contributed by atoms with Gasteiger partial charge in [0, 0.05) is 21.9 Å². The standard InChI is InChI=1S/C24H26FN3O5S.ClH/c1-24(2,23(32)28-17-6-4-3-5-15(17)21(29)30)12-14-8-10-19(34-14)22(31)33-18-9-7-13(20(26)27)11-16(18)25;/h3-4,7-11,15,17H,5-6,12H2,1-2H3,(H3,26,27)(H,28,32)(H,29,30);1H/t15-,17+;/m1./s1. The highest BCUT2D eigenvalue weighted by Crippen LogP contribution is 2.29. The number of ether oxygens (including phenoxy) is 1. The average molecular weight is 524 g/mol. The Balaban J connectivity index is 0.00000432. The van der Waals surface area contributed by atoms with Crippen molar-refractivity contribution in [2.24, 2.45) is 17.1 Å². The van der Waals surface area contributed by atoms with Crippen LogP contribution in [0.5, 0.6) is 5.75 Å². The molecule has 0 unspecified atom stereocenters. The predicted octanol–water partition coefficient (Wildman–Crippen LogP) is 3.92. The summed E-state index contributed by atoms with van der Waals surface area (Å²) in [6.07, 6.45) is 4.82. The monoisotopic (exact) mass is 523 g/mol. The number of carbonyl (C=O) groups excluding carboxylic acids is 2. The van der Waals surface area contributed by atoms with Crippen LogP contribution >= 0.6 is 23.7 Å². The zero-order valence-corrected chi connectivity index (χ0v) is 20.8. The molecule has 1 aromatic heterocycles. The summed E-state index contributed by atoms with van der Waals surface area (Å²) >= 11 is 1.13. The van der Waals surface area contributed by atoms with Crippen LogP contribution in [0.1, 0.15) is 46.8 Å². The van der Waals surface area contributed by atoms with Crippen molar-refractivity contribution >= 4 is 47.4 Å². The normalized spacial score (nSPS) is 17.2. The Hall–Kier alpha value is -3.24. The number of nitrogen functional groups attached to an aromatic ring is 1. The van der Waals surface area contributed by atoms with Gasteiger partial charge in [0.15, 0.2) is 11.6 Å². The van der Waals surface area contributed by atoms with Crippen LogP contribution < -0.4 is 15.8 Å². The lowest BCUT2D eigenvalue weighted by atomic mass is 9.84. The number of carbonyl (C=O) groups is 3. The van der Waals surface area contributed by atoms with Crippen LogP contribution in [0.4, 0.5) is 4.39 Å². The second-order valence-corrected chi connectivity index (χ2v) is 9.91. The molecule has 2 atom stereocenters. The average Bonchev–Trinajstić information content (AvgIpc) is 3.23. The van der Waals surface area contributed by atoms with Gasteiger partial charge in [0.05, 0.1) is 5.92 Å². The van der Waals surface area contributed by atoms with Gasteiger partial charge in [0.2, 0.25) is 5.91 Å². The number of rotatable bonds is 8. The molecule has 8 nitrogen and oxygen atoms in total. The summed E-state index contributed by atoms with van der Waals surface area (Å²) in [5.74, 6) is -4.02. The van der Waals surface area contributed by atoms with Crippen LogP contribution in [-0.2, 0) is 16.0 Å². The van der Waals surface area contributed by atoms with Crippen molar-refractivity contribution in [3.8, 4) is 5.75 Å². The lowest BCUT2D eigenvalue weighted by Crippen LogP contribution is -2.49. The highest BCUT2D eigenvalue weighted by Gasteiger charge is 2.35. The van der Waals surface area contributed by atoms with E-state index in [1.165, 1.54) is 12.1 Å². The third-order valence-corrected chi connectivity index (χ3v) is 6.67. The summed E-state index contributed by atoms with van der Waals surface area (Å²) in [6, 6.07) is 6.40. The number of amidine groups is 1. The van der Waals surface area contributed by atoms with Crippen LogP contribution in [0.3, 0.4) is 0 Å². The van der Waals surface area contributed by atoms with E-state index in [0.717, 1.165) is 22.3 Å². The van der Waals surface area contributed by atoms with Crippen molar-refractivity contribution in [3.63, 3.8) is 0 Å². The molecule has 1 aliphatic carbocycles. The van der Waals surface area contributed by atoms with E-state index >= 15 is 0 Å². The van der Waals surface area contributed by atoms with E-state index in [0.29, 0.717) is 19.3 Å². The zero-order chi connectivity index (χ0) is 25.0. The number of halogens is 2. The van der Waals surface area contributed by atoms with E-state index in [4.69, 9.17) is 15.9 Å². The van der Waals surface area contributed by atoms with Crippen molar-refractivity contribution in [1.29, 1.82) is 5.41 Å². The van der Waals surface area contributed by atoms with Crippen molar-refractivity contribution < 1.29 is 28.6 Å². The summed E-state index contributed by atoms with van der Waals surface area (Å²) in [5.41, 5.74) is 4.64. The molecular weight excluding hydrogens is 497 g/mol. The first-order chi connectivity index (χ1) is 16.0. The van der Waals surface area contributed by atoms with E-state index in [9.17, 15) is 23.9 Å². The van der Waals surface area contributed by atoms with Gasteiger partial charge in [-0.2, -0.15) is 0 Å². The van der Waals surface area contributed by atoms with Gasteiger partial charge in [-0.1, -0.05) is 26.0 Å². The molecule has 1 aromatic carbocycles. The number of carboxylic acids is 1. The highest BCUT2D eigenvalue weighted by molar-refractivity contribution is 7.14. The van der Waals surface area contributed by atoms with Crippen LogP contribution in [0.15, 0.2) is 42.5 Å². The molecule has 188 valence electrons. The van der Waals surface area contributed by atoms with Gasteiger partial charge in [-0.05, 0) is 49.6 Å². The molecule has 0 radical (unpaired) electrons. The first kappa shape index (κ1) is 28.0. The number of amides is 1. The number of nitrogens with one attached hydrogen (secondary N) is 2. The Morgan fingerprint density at radius 1 is 1.23 bits per heavy atom. The molecule has 11 heteroatoms. The molecule has 1 heterocycles. The van der Waals surface area contributed by atoms with E-state index in [-0.39, 0.29) is 40.3 Å². The van der Waals surface area contributed by atoms with Crippen molar-refractivity contribution in [3.05, 3.63) is 63.6 Å². The number of esters is 1. The predicted molar refractivity (Wildman–Crippen MR) is 133 cm³/mol. The van der Waals surface area contributed by atoms with E-state index in [2.05, 4.69) is 5.32 Å². The summed E-state index contributed by atoms with van der Waals surface area (Å²) in [6.45, 7) is 3.50.